The zero-order valence-electron chi connectivity index (χ0n) is 12.6. The number of aromatic amines is 1. The van der Waals surface area contributed by atoms with Gasteiger partial charge in [-0.25, -0.2) is 0 Å². The Bertz CT molecular complexity index is 845. The lowest BCUT2D eigenvalue weighted by atomic mass is 10.1. The first-order chi connectivity index (χ1) is 11.2. The van der Waals surface area contributed by atoms with E-state index in [4.69, 9.17) is 4.74 Å². The number of nitrogens with zero attached hydrogens (tertiary/aromatic N) is 1. The van der Waals surface area contributed by atoms with Crippen LogP contribution in [0.4, 0.5) is 0 Å². The molecule has 0 saturated carbocycles. The molecule has 1 amide bonds. The quantitative estimate of drug-likeness (QED) is 0.717. The number of para-hydroxylation sites is 1. The Morgan fingerprint density at radius 1 is 1.35 bits per heavy atom. The van der Waals surface area contributed by atoms with Gasteiger partial charge in [-0.2, -0.15) is 5.10 Å². The number of amides is 1. The van der Waals surface area contributed by atoms with Crippen molar-refractivity contribution in [1.29, 1.82) is 0 Å². The van der Waals surface area contributed by atoms with Crippen LogP contribution in [0, 0.1) is 0 Å². The predicted octanol–water partition coefficient (Wildman–Crippen LogP) is 3.65. The molecule has 1 aromatic heterocycles. The van der Waals surface area contributed by atoms with Gasteiger partial charge in [0, 0.05) is 17.5 Å². The summed E-state index contributed by atoms with van der Waals surface area (Å²) in [5.41, 5.74) is 2.50. The molecule has 0 fully saturated rings. The molecule has 2 aromatic carbocycles. The molecule has 0 atom stereocenters. The second kappa shape index (κ2) is 6.83. The van der Waals surface area contributed by atoms with Gasteiger partial charge in [-0.3, -0.25) is 9.89 Å². The highest BCUT2D eigenvalue weighted by Crippen LogP contribution is 2.26. The van der Waals surface area contributed by atoms with Crippen molar-refractivity contribution in [3.8, 4) is 5.75 Å². The Labute approximate surface area is 142 Å². The molecule has 0 radical (unpaired) electrons. The van der Waals surface area contributed by atoms with Crippen LogP contribution in [0.2, 0.25) is 0 Å². The lowest BCUT2D eigenvalue weighted by molar-refractivity contribution is 0.0950. The van der Waals surface area contributed by atoms with Crippen LogP contribution in [0.25, 0.3) is 10.9 Å². The summed E-state index contributed by atoms with van der Waals surface area (Å²) in [6.07, 6.45) is 1.77. The number of hydrogen-bond donors (Lipinski definition) is 2. The summed E-state index contributed by atoms with van der Waals surface area (Å²) in [6, 6.07) is 11.2. The molecule has 5 nitrogen and oxygen atoms in total. The molecule has 0 saturated heterocycles. The minimum Gasteiger partial charge on any atom is -0.493 e. The fourth-order valence-corrected chi connectivity index (χ4v) is 2.73. The third kappa shape index (κ3) is 3.37. The van der Waals surface area contributed by atoms with E-state index >= 15 is 0 Å². The van der Waals surface area contributed by atoms with Gasteiger partial charge in [0.15, 0.2) is 0 Å². The highest BCUT2D eigenvalue weighted by Gasteiger charge is 2.10. The Balaban J connectivity index is 1.74. The minimum atomic E-state index is -0.144. The Kier molecular flexibility index (Phi) is 4.62. The number of fused-ring (bicyclic) bond motifs is 1. The molecule has 0 aliphatic carbocycles. The minimum absolute atomic E-state index is 0.144. The number of H-pyrrole nitrogens is 1. The summed E-state index contributed by atoms with van der Waals surface area (Å²) in [5, 5.41) is 10.9. The predicted molar refractivity (Wildman–Crippen MR) is 92.6 cm³/mol. The molecule has 3 rings (SSSR count). The van der Waals surface area contributed by atoms with Crippen molar-refractivity contribution in [1.82, 2.24) is 15.5 Å². The van der Waals surface area contributed by atoms with Crippen LogP contribution in [-0.4, -0.2) is 22.7 Å². The number of aromatic nitrogens is 2. The molecular weight excluding hydrogens is 358 g/mol. The molecule has 1 heterocycles. The van der Waals surface area contributed by atoms with Gasteiger partial charge in [0.05, 0.1) is 22.8 Å². The Hall–Kier alpha value is -2.34. The van der Waals surface area contributed by atoms with Gasteiger partial charge in [0.25, 0.3) is 5.91 Å². The number of rotatable bonds is 5. The zero-order chi connectivity index (χ0) is 16.2. The average Bonchev–Trinajstić information content (AvgIpc) is 3.04. The van der Waals surface area contributed by atoms with E-state index in [0.717, 1.165) is 20.9 Å². The fourth-order valence-electron chi connectivity index (χ4n) is 2.37. The van der Waals surface area contributed by atoms with Crippen LogP contribution in [0.1, 0.15) is 22.8 Å². The molecule has 0 aliphatic heterocycles. The van der Waals surface area contributed by atoms with Crippen molar-refractivity contribution in [2.75, 3.05) is 6.61 Å². The maximum atomic E-state index is 12.4. The van der Waals surface area contributed by atoms with E-state index in [1.807, 2.05) is 31.2 Å². The highest BCUT2D eigenvalue weighted by atomic mass is 79.9. The van der Waals surface area contributed by atoms with E-state index in [-0.39, 0.29) is 5.91 Å². The van der Waals surface area contributed by atoms with Crippen LogP contribution >= 0.6 is 15.9 Å². The second-order valence-corrected chi connectivity index (χ2v) is 5.87. The summed E-state index contributed by atoms with van der Waals surface area (Å²) in [7, 11) is 0. The summed E-state index contributed by atoms with van der Waals surface area (Å²) < 4.78 is 6.33. The van der Waals surface area contributed by atoms with Gasteiger partial charge in [0.2, 0.25) is 0 Å². The maximum Gasteiger partial charge on any atom is 0.251 e. The Morgan fingerprint density at radius 3 is 3.04 bits per heavy atom. The van der Waals surface area contributed by atoms with Crippen molar-refractivity contribution in [3.05, 3.63) is 58.2 Å². The molecule has 118 valence electrons. The number of benzene rings is 2. The van der Waals surface area contributed by atoms with Crippen LogP contribution < -0.4 is 10.1 Å². The van der Waals surface area contributed by atoms with Crippen LogP contribution in [0.15, 0.2) is 47.1 Å². The molecule has 0 aliphatic rings. The largest absolute Gasteiger partial charge is 0.493 e. The molecule has 0 unspecified atom stereocenters. The standard InChI is InChI=1S/C17H16BrN3O2/c1-2-23-15-8-11(6-7-14(15)18)17(22)19-9-12-4-3-5-13-10-20-21-16(12)13/h3-8,10H,2,9H2,1H3,(H,19,22)(H,20,21). The smallest absolute Gasteiger partial charge is 0.251 e. The summed E-state index contributed by atoms with van der Waals surface area (Å²) in [6.45, 7) is 2.88. The number of halogens is 1. The fraction of sp³-hybridized carbons (Fsp3) is 0.176. The molecule has 0 spiro atoms. The first-order valence-corrected chi connectivity index (χ1v) is 8.10. The third-order valence-electron chi connectivity index (χ3n) is 3.50. The topological polar surface area (TPSA) is 67.0 Å². The van der Waals surface area contributed by atoms with Gasteiger partial charge >= 0.3 is 0 Å². The van der Waals surface area contributed by atoms with Crippen molar-refractivity contribution < 1.29 is 9.53 Å². The third-order valence-corrected chi connectivity index (χ3v) is 4.15. The van der Waals surface area contributed by atoms with E-state index in [1.165, 1.54) is 0 Å². The number of carbonyl (C=O) groups excluding carboxylic acids is 1. The molecular formula is C17H16BrN3O2. The zero-order valence-corrected chi connectivity index (χ0v) is 14.2. The summed E-state index contributed by atoms with van der Waals surface area (Å²) >= 11 is 3.41. The lowest BCUT2D eigenvalue weighted by Crippen LogP contribution is -2.23. The van der Waals surface area contributed by atoms with E-state index in [1.54, 1.807) is 18.3 Å². The van der Waals surface area contributed by atoms with E-state index in [9.17, 15) is 4.79 Å². The van der Waals surface area contributed by atoms with Gasteiger partial charge in [0.1, 0.15) is 5.75 Å². The molecule has 2 N–H and O–H groups in total. The highest BCUT2D eigenvalue weighted by molar-refractivity contribution is 9.10. The second-order valence-electron chi connectivity index (χ2n) is 5.01. The van der Waals surface area contributed by atoms with Crippen LogP contribution in [-0.2, 0) is 6.54 Å². The molecule has 0 bridgehead atoms. The van der Waals surface area contributed by atoms with Gasteiger partial charge < -0.3 is 10.1 Å². The maximum absolute atomic E-state index is 12.4. The number of hydrogen-bond acceptors (Lipinski definition) is 3. The van der Waals surface area contributed by atoms with E-state index in [2.05, 4.69) is 31.4 Å². The lowest BCUT2D eigenvalue weighted by Gasteiger charge is -2.09. The molecule has 6 heteroatoms. The van der Waals surface area contributed by atoms with Gasteiger partial charge in [-0.1, -0.05) is 18.2 Å². The molecule has 23 heavy (non-hydrogen) atoms. The molecule has 3 aromatic rings. The summed E-state index contributed by atoms with van der Waals surface area (Å²) in [4.78, 5) is 12.4. The normalized spacial score (nSPS) is 10.7. The van der Waals surface area contributed by atoms with Crippen molar-refractivity contribution in [2.24, 2.45) is 0 Å². The van der Waals surface area contributed by atoms with E-state index in [0.29, 0.717) is 24.5 Å². The van der Waals surface area contributed by atoms with E-state index < -0.39 is 0 Å². The number of carbonyl (C=O) groups is 1. The van der Waals surface area contributed by atoms with Gasteiger partial charge in [-0.05, 0) is 46.6 Å². The average molecular weight is 374 g/mol. The number of nitrogens with one attached hydrogen (secondary N) is 2. The van der Waals surface area contributed by atoms with Crippen molar-refractivity contribution >= 4 is 32.7 Å². The van der Waals surface area contributed by atoms with Gasteiger partial charge in [-0.15, -0.1) is 0 Å². The monoisotopic (exact) mass is 373 g/mol. The van der Waals surface area contributed by atoms with Crippen molar-refractivity contribution in [2.45, 2.75) is 13.5 Å². The van der Waals surface area contributed by atoms with Crippen LogP contribution in [0.3, 0.4) is 0 Å². The van der Waals surface area contributed by atoms with Crippen molar-refractivity contribution in [3.63, 3.8) is 0 Å². The number of ether oxygens (including phenoxy) is 1. The first kappa shape index (κ1) is 15.6. The Morgan fingerprint density at radius 2 is 2.22 bits per heavy atom. The SMILES string of the molecule is CCOc1cc(C(=O)NCc2cccc3cn[nH]c23)ccc1Br. The summed E-state index contributed by atoms with van der Waals surface area (Å²) in [5.74, 6) is 0.519. The van der Waals surface area contributed by atoms with Crippen LogP contribution in [0.5, 0.6) is 5.75 Å². The first-order valence-electron chi connectivity index (χ1n) is 7.30.